The average molecular weight is 326 g/mol. The van der Waals surface area contributed by atoms with Crippen molar-refractivity contribution in [1.29, 1.82) is 0 Å². The van der Waals surface area contributed by atoms with Gasteiger partial charge in [0, 0.05) is 7.05 Å². The van der Waals surface area contributed by atoms with Crippen LogP contribution in [-0.2, 0) is 10.0 Å². The monoisotopic (exact) mass is 326 g/mol. The van der Waals surface area contributed by atoms with Crippen molar-refractivity contribution in [2.24, 2.45) is 5.73 Å². The standard InChI is InChI=1S/C14H12F2N2O3S/c1-18(12-8-3-2-5-9(12)14(17)19)22(20,21)13-10(15)6-4-7-11(13)16/h2-8H,1H3,(H2,17,19). The number of amides is 1. The second kappa shape index (κ2) is 5.72. The maximum atomic E-state index is 13.7. The van der Waals surface area contributed by atoms with Gasteiger partial charge in [0.15, 0.2) is 4.90 Å². The fraction of sp³-hybridized carbons (Fsp3) is 0.0714. The summed E-state index contributed by atoms with van der Waals surface area (Å²) < 4.78 is 53.0. The third kappa shape index (κ3) is 2.64. The van der Waals surface area contributed by atoms with Gasteiger partial charge in [-0.1, -0.05) is 18.2 Å². The summed E-state index contributed by atoms with van der Waals surface area (Å²) in [5.74, 6) is -3.29. The first-order chi connectivity index (χ1) is 10.3. The van der Waals surface area contributed by atoms with Crippen LogP contribution in [0.15, 0.2) is 47.4 Å². The highest BCUT2D eigenvalue weighted by atomic mass is 32.2. The number of para-hydroxylation sites is 1. The average Bonchev–Trinajstić information content (AvgIpc) is 2.46. The molecular weight excluding hydrogens is 314 g/mol. The molecule has 0 bridgehead atoms. The minimum atomic E-state index is -4.53. The Morgan fingerprint density at radius 2 is 1.59 bits per heavy atom. The van der Waals surface area contributed by atoms with Gasteiger partial charge in [0.1, 0.15) is 11.6 Å². The number of primary amides is 1. The number of anilines is 1. The highest BCUT2D eigenvalue weighted by Gasteiger charge is 2.30. The highest BCUT2D eigenvalue weighted by Crippen LogP contribution is 2.28. The minimum absolute atomic E-state index is 0.0716. The normalized spacial score (nSPS) is 11.2. The SMILES string of the molecule is CN(c1ccccc1C(N)=O)S(=O)(=O)c1c(F)cccc1F. The van der Waals surface area contributed by atoms with Crippen LogP contribution in [0, 0.1) is 11.6 Å². The Balaban J connectivity index is 2.63. The molecule has 1 amide bonds. The summed E-state index contributed by atoms with van der Waals surface area (Å²) in [6, 6.07) is 8.34. The first-order valence-electron chi connectivity index (χ1n) is 6.08. The molecule has 0 aliphatic carbocycles. The fourth-order valence-corrected chi connectivity index (χ4v) is 3.27. The summed E-state index contributed by atoms with van der Waals surface area (Å²) in [5.41, 5.74) is 5.04. The number of carbonyl (C=O) groups excluding carboxylic acids is 1. The van der Waals surface area contributed by atoms with Gasteiger partial charge in [-0.3, -0.25) is 9.10 Å². The van der Waals surface area contributed by atoms with E-state index in [9.17, 15) is 22.0 Å². The molecule has 0 spiro atoms. The maximum absolute atomic E-state index is 13.7. The van der Waals surface area contributed by atoms with Crippen molar-refractivity contribution in [1.82, 2.24) is 0 Å². The third-order valence-corrected chi connectivity index (χ3v) is 4.87. The van der Waals surface area contributed by atoms with Crippen LogP contribution in [0.25, 0.3) is 0 Å². The summed E-state index contributed by atoms with van der Waals surface area (Å²) in [7, 11) is -3.45. The van der Waals surface area contributed by atoms with Crippen molar-refractivity contribution >= 4 is 21.6 Å². The quantitative estimate of drug-likeness (QED) is 0.931. The van der Waals surface area contributed by atoms with E-state index >= 15 is 0 Å². The molecule has 0 aromatic heterocycles. The van der Waals surface area contributed by atoms with Crippen LogP contribution < -0.4 is 10.0 Å². The van der Waals surface area contributed by atoms with Crippen LogP contribution in [0.2, 0.25) is 0 Å². The van der Waals surface area contributed by atoms with E-state index in [0.717, 1.165) is 25.2 Å². The zero-order chi connectivity index (χ0) is 16.5. The van der Waals surface area contributed by atoms with Gasteiger partial charge < -0.3 is 5.73 Å². The molecule has 0 fully saturated rings. The number of sulfonamides is 1. The number of hydrogen-bond acceptors (Lipinski definition) is 3. The van der Waals surface area contributed by atoms with Gasteiger partial charge in [0.05, 0.1) is 11.3 Å². The zero-order valence-corrected chi connectivity index (χ0v) is 12.3. The molecule has 0 radical (unpaired) electrons. The van der Waals surface area contributed by atoms with E-state index < -0.39 is 32.5 Å². The molecule has 0 unspecified atom stereocenters. The molecule has 2 aromatic carbocycles. The molecule has 5 nitrogen and oxygen atoms in total. The minimum Gasteiger partial charge on any atom is -0.366 e. The lowest BCUT2D eigenvalue weighted by molar-refractivity contribution is 0.100. The van der Waals surface area contributed by atoms with E-state index in [1.165, 1.54) is 24.3 Å². The molecule has 0 aliphatic heterocycles. The topological polar surface area (TPSA) is 80.5 Å². The predicted octanol–water partition coefficient (Wildman–Crippen LogP) is 1.89. The van der Waals surface area contributed by atoms with E-state index in [4.69, 9.17) is 5.73 Å². The molecule has 22 heavy (non-hydrogen) atoms. The second-order valence-electron chi connectivity index (χ2n) is 4.40. The number of benzene rings is 2. The van der Waals surface area contributed by atoms with Crippen LogP contribution in [-0.4, -0.2) is 21.4 Å². The Labute approximate surface area is 126 Å². The molecule has 0 heterocycles. The van der Waals surface area contributed by atoms with Crippen molar-refractivity contribution in [2.45, 2.75) is 4.90 Å². The first-order valence-corrected chi connectivity index (χ1v) is 7.52. The van der Waals surface area contributed by atoms with Crippen LogP contribution >= 0.6 is 0 Å². The number of halogens is 2. The van der Waals surface area contributed by atoms with Crippen molar-refractivity contribution in [3.05, 3.63) is 59.7 Å². The van der Waals surface area contributed by atoms with Gasteiger partial charge >= 0.3 is 0 Å². The van der Waals surface area contributed by atoms with Crippen molar-refractivity contribution in [2.75, 3.05) is 11.4 Å². The molecule has 2 aromatic rings. The summed E-state index contributed by atoms with van der Waals surface area (Å²) in [6.07, 6.45) is 0. The van der Waals surface area contributed by atoms with Gasteiger partial charge in [-0.2, -0.15) is 0 Å². The second-order valence-corrected chi connectivity index (χ2v) is 6.31. The molecular formula is C14H12F2N2O3S. The van der Waals surface area contributed by atoms with E-state index in [2.05, 4.69) is 0 Å². The van der Waals surface area contributed by atoms with Crippen molar-refractivity contribution in [3.8, 4) is 0 Å². The number of rotatable bonds is 4. The lowest BCUT2D eigenvalue weighted by atomic mass is 10.2. The van der Waals surface area contributed by atoms with Gasteiger partial charge in [0.2, 0.25) is 0 Å². The Bertz CT molecular complexity index is 817. The number of hydrogen-bond donors (Lipinski definition) is 1. The Hall–Kier alpha value is -2.48. The van der Waals surface area contributed by atoms with Gasteiger partial charge in [-0.05, 0) is 24.3 Å². The fourth-order valence-electron chi connectivity index (χ4n) is 1.95. The lowest BCUT2D eigenvalue weighted by Crippen LogP contribution is -2.30. The van der Waals surface area contributed by atoms with Gasteiger partial charge in [-0.25, -0.2) is 17.2 Å². The van der Waals surface area contributed by atoms with Gasteiger partial charge in [0.25, 0.3) is 15.9 Å². The van der Waals surface area contributed by atoms with E-state index in [1.807, 2.05) is 0 Å². The lowest BCUT2D eigenvalue weighted by Gasteiger charge is -2.21. The largest absolute Gasteiger partial charge is 0.366 e. The van der Waals surface area contributed by atoms with E-state index in [1.54, 1.807) is 0 Å². The van der Waals surface area contributed by atoms with E-state index in [0.29, 0.717) is 4.31 Å². The zero-order valence-electron chi connectivity index (χ0n) is 11.5. The van der Waals surface area contributed by atoms with Crippen LogP contribution in [0.5, 0.6) is 0 Å². The molecule has 0 saturated heterocycles. The molecule has 8 heteroatoms. The number of carbonyl (C=O) groups is 1. The summed E-state index contributed by atoms with van der Waals surface area (Å²) >= 11 is 0. The number of nitrogens with two attached hydrogens (primary N) is 1. The molecule has 116 valence electrons. The van der Waals surface area contributed by atoms with Crippen LogP contribution in [0.4, 0.5) is 14.5 Å². The molecule has 2 rings (SSSR count). The first kappa shape index (κ1) is 15.9. The van der Waals surface area contributed by atoms with Crippen LogP contribution in [0.3, 0.4) is 0 Å². The van der Waals surface area contributed by atoms with Gasteiger partial charge in [-0.15, -0.1) is 0 Å². The van der Waals surface area contributed by atoms with E-state index in [-0.39, 0.29) is 11.3 Å². The molecule has 2 N–H and O–H groups in total. The molecule has 0 saturated carbocycles. The predicted molar refractivity (Wildman–Crippen MR) is 76.9 cm³/mol. The Morgan fingerprint density at radius 1 is 1.05 bits per heavy atom. The van der Waals surface area contributed by atoms with Crippen LogP contribution in [0.1, 0.15) is 10.4 Å². The Morgan fingerprint density at radius 3 is 2.14 bits per heavy atom. The Kier molecular flexibility index (Phi) is 4.14. The molecule has 0 aliphatic rings. The maximum Gasteiger partial charge on any atom is 0.269 e. The van der Waals surface area contributed by atoms with Crippen molar-refractivity contribution < 1.29 is 22.0 Å². The summed E-state index contributed by atoms with van der Waals surface area (Å²) in [5, 5.41) is 0. The number of nitrogens with zero attached hydrogens (tertiary/aromatic N) is 1. The summed E-state index contributed by atoms with van der Waals surface area (Å²) in [4.78, 5) is 10.3. The summed E-state index contributed by atoms with van der Waals surface area (Å²) in [6.45, 7) is 0. The highest BCUT2D eigenvalue weighted by molar-refractivity contribution is 7.92. The smallest absolute Gasteiger partial charge is 0.269 e. The van der Waals surface area contributed by atoms with Crippen molar-refractivity contribution in [3.63, 3.8) is 0 Å². The molecule has 0 atom stereocenters. The third-order valence-electron chi connectivity index (χ3n) is 3.05.